The van der Waals surface area contributed by atoms with Crippen molar-refractivity contribution in [3.8, 4) is 0 Å². The molecule has 74 valence electrons. The maximum atomic E-state index is 13.0. The molecule has 2 rings (SSSR count). The predicted octanol–water partition coefficient (Wildman–Crippen LogP) is 2.38. The van der Waals surface area contributed by atoms with E-state index in [0.717, 1.165) is 12.0 Å². The van der Waals surface area contributed by atoms with E-state index in [1.54, 1.807) is 12.1 Å². The molecule has 1 atom stereocenters. The first-order valence-electron chi connectivity index (χ1n) is 4.41. The average molecular weight is 305 g/mol. The Morgan fingerprint density at radius 3 is 2.86 bits per heavy atom. The van der Waals surface area contributed by atoms with Gasteiger partial charge >= 0.3 is 0 Å². The minimum atomic E-state index is -0.210. The van der Waals surface area contributed by atoms with Gasteiger partial charge in [-0.25, -0.2) is 4.39 Å². The first kappa shape index (κ1) is 9.89. The Labute approximate surface area is 95.0 Å². The van der Waals surface area contributed by atoms with Crippen LogP contribution in [0, 0.1) is 9.39 Å². The van der Waals surface area contributed by atoms with Gasteiger partial charge in [0, 0.05) is 9.99 Å². The maximum absolute atomic E-state index is 13.0. The summed E-state index contributed by atoms with van der Waals surface area (Å²) in [7, 11) is 0. The molecule has 0 spiro atoms. The molecule has 0 saturated carbocycles. The van der Waals surface area contributed by atoms with E-state index in [-0.39, 0.29) is 17.8 Å². The van der Waals surface area contributed by atoms with Crippen LogP contribution < -0.4 is 5.32 Å². The fourth-order valence-corrected chi connectivity index (χ4v) is 2.13. The van der Waals surface area contributed by atoms with Crippen LogP contribution in [0.15, 0.2) is 18.2 Å². The van der Waals surface area contributed by atoms with E-state index in [1.165, 1.54) is 6.07 Å². The number of hydrogen-bond donors (Lipinski definition) is 1. The molecule has 1 unspecified atom stereocenters. The lowest BCUT2D eigenvalue weighted by Crippen LogP contribution is -2.18. The molecule has 0 aromatic heterocycles. The van der Waals surface area contributed by atoms with Crippen LogP contribution in [-0.4, -0.2) is 5.91 Å². The van der Waals surface area contributed by atoms with Crippen LogP contribution >= 0.6 is 22.6 Å². The normalized spacial score (nSPS) is 21.0. The van der Waals surface area contributed by atoms with Crippen LogP contribution in [0.2, 0.25) is 0 Å². The molecule has 4 heteroatoms. The summed E-state index contributed by atoms with van der Waals surface area (Å²) in [6.07, 6.45) is 1.37. The zero-order valence-corrected chi connectivity index (χ0v) is 9.55. The number of carbonyl (C=O) groups is 1. The molecule has 1 saturated heterocycles. The van der Waals surface area contributed by atoms with Gasteiger partial charge in [-0.15, -0.1) is 0 Å². The minimum absolute atomic E-state index is 0.0663. The highest BCUT2D eigenvalue weighted by Crippen LogP contribution is 2.25. The van der Waals surface area contributed by atoms with Gasteiger partial charge in [0.05, 0.1) is 6.04 Å². The van der Waals surface area contributed by atoms with Crippen LogP contribution in [0.5, 0.6) is 0 Å². The number of halogens is 2. The lowest BCUT2D eigenvalue weighted by Gasteiger charge is -2.10. The van der Waals surface area contributed by atoms with Crippen molar-refractivity contribution < 1.29 is 9.18 Å². The van der Waals surface area contributed by atoms with Crippen molar-refractivity contribution in [2.45, 2.75) is 18.9 Å². The molecule has 0 radical (unpaired) electrons. The number of benzene rings is 1. The van der Waals surface area contributed by atoms with E-state index >= 15 is 0 Å². The molecule has 1 aliphatic rings. The first-order chi connectivity index (χ1) is 6.66. The number of rotatable bonds is 1. The fourth-order valence-electron chi connectivity index (χ4n) is 1.59. The van der Waals surface area contributed by atoms with Gasteiger partial charge in [-0.2, -0.15) is 0 Å². The molecule has 2 nitrogen and oxygen atoms in total. The Hall–Kier alpha value is -0.650. The summed E-state index contributed by atoms with van der Waals surface area (Å²) in [5.41, 5.74) is 0.988. The summed E-state index contributed by atoms with van der Waals surface area (Å²) in [4.78, 5) is 11.0. The van der Waals surface area contributed by atoms with Crippen LogP contribution in [0.1, 0.15) is 24.4 Å². The highest BCUT2D eigenvalue weighted by atomic mass is 127. The monoisotopic (exact) mass is 305 g/mol. The predicted molar refractivity (Wildman–Crippen MR) is 59.2 cm³/mol. The van der Waals surface area contributed by atoms with E-state index in [2.05, 4.69) is 5.32 Å². The molecule has 1 aliphatic heterocycles. The fraction of sp³-hybridized carbons (Fsp3) is 0.300. The van der Waals surface area contributed by atoms with Crippen molar-refractivity contribution in [2.24, 2.45) is 0 Å². The maximum Gasteiger partial charge on any atom is 0.220 e. The van der Waals surface area contributed by atoms with Crippen LogP contribution in [0.25, 0.3) is 0 Å². The van der Waals surface area contributed by atoms with Crippen LogP contribution in [0.3, 0.4) is 0 Å². The molecule has 1 heterocycles. The topological polar surface area (TPSA) is 29.1 Å². The van der Waals surface area contributed by atoms with Gasteiger partial charge in [0.15, 0.2) is 0 Å². The number of amides is 1. The minimum Gasteiger partial charge on any atom is -0.349 e. The van der Waals surface area contributed by atoms with Gasteiger partial charge in [0.2, 0.25) is 5.91 Å². The molecule has 0 bridgehead atoms. The summed E-state index contributed by atoms with van der Waals surface area (Å²) in [5, 5.41) is 2.85. The quantitative estimate of drug-likeness (QED) is 0.793. The van der Waals surface area contributed by atoms with Gasteiger partial charge in [-0.1, -0.05) is 6.07 Å². The molecule has 14 heavy (non-hydrogen) atoms. The highest BCUT2D eigenvalue weighted by molar-refractivity contribution is 14.1. The third kappa shape index (κ3) is 1.89. The number of carbonyl (C=O) groups excluding carboxylic acids is 1. The summed E-state index contributed by atoms with van der Waals surface area (Å²) in [5.74, 6) is -0.131. The van der Waals surface area contributed by atoms with E-state index < -0.39 is 0 Å². The first-order valence-corrected chi connectivity index (χ1v) is 5.49. The molecule has 1 aromatic rings. The SMILES string of the molecule is O=C1CCC(c2ccc(F)c(I)c2)N1. The highest BCUT2D eigenvalue weighted by Gasteiger charge is 2.22. The second-order valence-electron chi connectivity index (χ2n) is 3.33. The van der Waals surface area contributed by atoms with Crippen molar-refractivity contribution in [1.29, 1.82) is 0 Å². The average Bonchev–Trinajstić information content (AvgIpc) is 2.57. The molecule has 0 aliphatic carbocycles. The third-order valence-corrected chi connectivity index (χ3v) is 3.17. The zero-order valence-electron chi connectivity index (χ0n) is 7.39. The smallest absolute Gasteiger partial charge is 0.220 e. The summed E-state index contributed by atoms with van der Waals surface area (Å²) in [6.45, 7) is 0. The van der Waals surface area contributed by atoms with E-state index in [1.807, 2.05) is 22.6 Å². The second-order valence-corrected chi connectivity index (χ2v) is 4.49. The van der Waals surface area contributed by atoms with E-state index in [0.29, 0.717) is 9.99 Å². The molecule has 1 aromatic carbocycles. The second kappa shape index (κ2) is 3.84. The largest absolute Gasteiger partial charge is 0.349 e. The summed E-state index contributed by atoms with van der Waals surface area (Å²) >= 11 is 1.95. The van der Waals surface area contributed by atoms with E-state index in [9.17, 15) is 9.18 Å². The Balaban J connectivity index is 2.24. The van der Waals surface area contributed by atoms with Gasteiger partial charge in [-0.05, 0) is 46.7 Å². The Morgan fingerprint density at radius 2 is 2.29 bits per heavy atom. The number of nitrogens with one attached hydrogen (secondary N) is 1. The molecule has 1 amide bonds. The Bertz CT molecular complexity index is 380. The lowest BCUT2D eigenvalue weighted by molar-refractivity contribution is -0.119. The van der Waals surface area contributed by atoms with Crippen molar-refractivity contribution in [3.05, 3.63) is 33.1 Å². The lowest BCUT2D eigenvalue weighted by atomic mass is 10.1. The zero-order chi connectivity index (χ0) is 10.1. The van der Waals surface area contributed by atoms with Crippen LogP contribution in [-0.2, 0) is 4.79 Å². The van der Waals surface area contributed by atoms with Crippen molar-refractivity contribution >= 4 is 28.5 Å². The van der Waals surface area contributed by atoms with Gasteiger partial charge in [0.1, 0.15) is 5.82 Å². The summed E-state index contributed by atoms with van der Waals surface area (Å²) < 4.78 is 13.6. The molecule has 1 fully saturated rings. The number of hydrogen-bond acceptors (Lipinski definition) is 1. The van der Waals surface area contributed by atoms with Gasteiger partial charge in [0.25, 0.3) is 0 Å². The summed E-state index contributed by atoms with van der Waals surface area (Å²) in [6, 6.07) is 5.03. The molecular weight excluding hydrogens is 296 g/mol. The standard InChI is InChI=1S/C10H9FINO/c11-7-2-1-6(5-8(7)12)9-3-4-10(14)13-9/h1-2,5,9H,3-4H2,(H,13,14). The van der Waals surface area contributed by atoms with Gasteiger partial charge < -0.3 is 5.32 Å². The Morgan fingerprint density at radius 1 is 1.50 bits per heavy atom. The van der Waals surface area contributed by atoms with Crippen LogP contribution in [0.4, 0.5) is 4.39 Å². The molecular formula is C10H9FINO. The molecule has 1 N–H and O–H groups in total. The van der Waals surface area contributed by atoms with Crippen molar-refractivity contribution in [2.75, 3.05) is 0 Å². The van der Waals surface area contributed by atoms with Crippen molar-refractivity contribution in [3.63, 3.8) is 0 Å². The third-order valence-electron chi connectivity index (χ3n) is 2.34. The Kier molecular flexibility index (Phi) is 2.71. The van der Waals surface area contributed by atoms with Crippen molar-refractivity contribution in [1.82, 2.24) is 5.32 Å². The van der Waals surface area contributed by atoms with E-state index in [4.69, 9.17) is 0 Å². The van der Waals surface area contributed by atoms with Gasteiger partial charge in [-0.3, -0.25) is 4.79 Å².